The number of nitrogens with one attached hydrogen (secondary N) is 1. The first-order valence-corrected chi connectivity index (χ1v) is 8.93. The number of H-pyrrole nitrogens is 1. The number of piperidine rings is 1. The Hall–Kier alpha value is -1.78. The van der Waals surface area contributed by atoms with Crippen molar-refractivity contribution in [3.63, 3.8) is 0 Å². The first-order chi connectivity index (χ1) is 11.2. The summed E-state index contributed by atoms with van der Waals surface area (Å²) in [6, 6.07) is 4.10. The average Bonchev–Trinajstić information content (AvgIpc) is 3.32. The van der Waals surface area contributed by atoms with E-state index < -0.39 is 0 Å². The maximum absolute atomic E-state index is 13.2. The van der Waals surface area contributed by atoms with Crippen molar-refractivity contribution in [2.75, 3.05) is 19.6 Å². The van der Waals surface area contributed by atoms with Gasteiger partial charge in [0.1, 0.15) is 5.69 Å². The van der Waals surface area contributed by atoms with Gasteiger partial charge in [-0.2, -0.15) is 0 Å². The lowest BCUT2D eigenvalue weighted by Crippen LogP contribution is -2.53. The summed E-state index contributed by atoms with van der Waals surface area (Å²) in [6.45, 7) is 2.20. The van der Waals surface area contributed by atoms with E-state index in [2.05, 4.69) is 9.88 Å². The minimum Gasteiger partial charge on any atom is -0.357 e. The SMILES string of the molecule is O=C(c1ccc[nH]1)N1CC[C@@]2(CCCN(C3CCCC3)C2=O)C1. The maximum atomic E-state index is 13.2. The molecule has 3 fully saturated rings. The van der Waals surface area contributed by atoms with Gasteiger partial charge in [-0.15, -0.1) is 0 Å². The van der Waals surface area contributed by atoms with Crippen molar-refractivity contribution in [1.29, 1.82) is 0 Å². The minimum atomic E-state index is -0.316. The fourth-order valence-corrected chi connectivity index (χ4v) is 4.72. The van der Waals surface area contributed by atoms with Crippen molar-refractivity contribution < 1.29 is 9.59 Å². The van der Waals surface area contributed by atoms with Gasteiger partial charge >= 0.3 is 0 Å². The molecule has 1 atom stereocenters. The zero-order chi connectivity index (χ0) is 15.9. The Balaban J connectivity index is 1.50. The quantitative estimate of drug-likeness (QED) is 0.911. The molecule has 3 heterocycles. The molecule has 23 heavy (non-hydrogen) atoms. The van der Waals surface area contributed by atoms with Crippen LogP contribution in [0, 0.1) is 5.41 Å². The van der Waals surface area contributed by atoms with E-state index in [1.54, 1.807) is 12.3 Å². The third-order valence-electron chi connectivity index (χ3n) is 6.00. The van der Waals surface area contributed by atoms with Gasteiger partial charge in [0.05, 0.1) is 5.41 Å². The van der Waals surface area contributed by atoms with E-state index in [1.165, 1.54) is 12.8 Å². The molecule has 5 heteroatoms. The number of likely N-dealkylation sites (tertiary alicyclic amines) is 2. The molecule has 1 spiro atoms. The number of rotatable bonds is 2. The first-order valence-electron chi connectivity index (χ1n) is 8.93. The first kappa shape index (κ1) is 14.8. The molecule has 2 amide bonds. The fraction of sp³-hybridized carbons (Fsp3) is 0.667. The Kier molecular flexibility index (Phi) is 3.66. The lowest BCUT2D eigenvalue weighted by atomic mass is 9.77. The van der Waals surface area contributed by atoms with Crippen LogP contribution in [0.1, 0.15) is 55.4 Å². The number of hydrogen-bond donors (Lipinski definition) is 1. The van der Waals surface area contributed by atoms with Crippen LogP contribution in [0.25, 0.3) is 0 Å². The highest BCUT2D eigenvalue weighted by Crippen LogP contribution is 2.42. The summed E-state index contributed by atoms with van der Waals surface area (Å²) in [5.41, 5.74) is 0.307. The highest BCUT2D eigenvalue weighted by Gasteiger charge is 2.50. The average molecular weight is 315 g/mol. The van der Waals surface area contributed by atoms with Crippen molar-refractivity contribution >= 4 is 11.8 Å². The van der Waals surface area contributed by atoms with Gasteiger partial charge in [-0.05, 0) is 44.2 Å². The van der Waals surface area contributed by atoms with E-state index in [1.807, 2.05) is 11.0 Å². The van der Waals surface area contributed by atoms with E-state index in [0.717, 1.165) is 38.6 Å². The third-order valence-corrected chi connectivity index (χ3v) is 6.00. The van der Waals surface area contributed by atoms with Crippen molar-refractivity contribution in [2.45, 2.75) is 51.0 Å². The number of amides is 2. The Morgan fingerprint density at radius 2 is 2.00 bits per heavy atom. The number of aromatic amines is 1. The van der Waals surface area contributed by atoms with Crippen molar-refractivity contribution in [3.8, 4) is 0 Å². The molecule has 2 saturated heterocycles. The zero-order valence-electron chi connectivity index (χ0n) is 13.6. The molecule has 1 N–H and O–H groups in total. The predicted molar refractivity (Wildman–Crippen MR) is 86.9 cm³/mol. The van der Waals surface area contributed by atoms with Crippen LogP contribution in [0.4, 0.5) is 0 Å². The second kappa shape index (κ2) is 5.69. The summed E-state index contributed by atoms with van der Waals surface area (Å²) < 4.78 is 0. The van der Waals surface area contributed by atoms with Crippen molar-refractivity contribution in [1.82, 2.24) is 14.8 Å². The second-order valence-corrected chi connectivity index (χ2v) is 7.38. The number of carbonyl (C=O) groups is 2. The second-order valence-electron chi connectivity index (χ2n) is 7.38. The molecule has 0 radical (unpaired) electrons. The van der Waals surface area contributed by atoms with Crippen LogP contribution in [-0.4, -0.2) is 52.3 Å². The molecule has 4 rings (SSSR count). The van der Waals surface area contributed by atoms with Crippen LogP contribution in [0.15, 0.2) is 18.3 Å². The summed E-state index contributed by atoms with van der Waals surface area (Å²) >= 11 is 0. The molecule has 1 aromatic rings. The van der Waals surface area contributed by atoms with Crippen LogP contribution in [0.5, 0.6) is 0 Å². The standard InChI is InChI=1S/C18H25N3O2/c22-16(15-7-3-10-19-15)20-12-9-18(13-20)8-4-11-21(17(18)23)14-5-1-2-6-14/h3,7,10,14,19H,1-2,4-6,8-9,11-13H2/t18-/m0/s1. The molecule has 0 bridgehead atoms. The van der Waals surface area contributed by atoms with Crippen LogP contribution in [0.2, 0.25) is 0 Å². The highest BCUT2D eigenvalue weighted by molar-refractivity contribution is 5.94. The third kappa shape index (κ3) is 2.46. The van der Waals surface area contributed by atoms with Crippen LogP contribution >= 0.6 is 0 Å². The molecule has 0 unspecified atom stereocenters. The normalized spacial score (nSPS) is 29.0. The lowest BCUT2D eigenvalue weighted by molar-refractivity contribution is -0.148. The number of nitrogens with zero attached hydrogens (tertiary/aromatic N) is 2. The molecular formula is C18H25N3O2. The largest absolute Gasteiger partial charge is 0.357 e. The number of aromatic nitrogens is 1. The monoisotopic (exact) mass is 315 g/mol. The van der Waals surface area contributed by atoms with Gasteiger partial charge < -0.3 is 14.8 Å². The highest BCUT2D eigenvalue weighted by atomic mass is 16.2. The summed E-state index contributed by atoms with van der Waals surface area (Å²) in [5.74, 6) is 0.343. The van der Waals surface area contributed by atoms with Gasteiger partial charge in [-0.1, -0.05) is 12.8 Å². The van der Waals surface area contributed by atoms with Gasteiger partial charge in [0.25, 0.3) is 5.91 Å². The van der Waals surface area contributed by atoms with Gasteiger partial charge in [0.2, 0.25) is 5.91 Å². The maximum Gasteiger partial charge on any atom is 0.270 e. The van der Waals surface area contributed by atoms with Crippen LogP contribution in [0.3, 0.4) is 0 Å². The van der Waals surface area contributed by atoms with E-state index in [-0.39, 0.29) is 11.3 Å². The Morgan fingerprint density at radius 3 is 2.74 bits per heavy atom. The summed E-state index contributed by atoms with van der Waals surface area (Å²) in [4.78, 5) is 32.7. The molecule has 0 aromatic carbocycles. The molecule has 1 aliphatic carbocycles. The number of carbonyl (C=O) groups excluding carboxylic acids is 2. The van der Waals surface area contributed by atoms with E-state index in [0.29, 0.717) is 30.7 Å². The molecule has 124 valence electrons. The molecule has 3 aliphatic rings. The molecular weight excluding hydrogens is 290 g/mol. The zero-order valence-corrected chi connectivity index (χ0v) is 13.6. The van der Waals surface area contributed by atoms with Crippen molar-refractivity contribution in [2.24, 2.45) is 5.41 Å². The van der Waals surface area contributed by atoms with E-state index >= 15 is 0 Å². The Bertz CT molecular complexity index is 591. The van der Waals surface area contributed by atoms with Crippen molar-refractivity contribution in [3.05, 3.63) is 24.0 Å². The van der Waals surface area contributed by atoms with Gasteiger partial charge in [0.15, 0.2) is 0 Å². The summed E-state index contributed by atoms with van der Waals surface area (Å²) in [6.07, 6.45) is 9.42. The van der Waals surface area contributed by atoms with Crippen LogP contribution in [-0.2, 0) is 4.79 Å². The summed E-state index contributed by atoms with van der Waals surface area (Å²) in [5, 5.41) is 0. The number of hydrogen-bond acceptors (Lipinski definition) is 2. The van der Waals surface area contributed by atoms with E-state index in [9.17, 15) is 9.59 Å². The summed E-state index contributed by atoms with van der Waals surface area (Å²) in [7, 11) is 0. The lowest BCUT2D eigenvalue weighted by Gasteiger charge is -2.42. The smallest absolute Gasteiger partial charge is 0.270 e. The molecule has 5 nitrogen and oxygen atoms in total. The Labute approximate surface area is 137 Å². The molecule has 1 saturated carbocycles. The van der Waals surface area contributed by atoms with Crippen LogP contribution < -0.4 is 0 Å². The molecule has 1 aromatic heterocycles. The van der Waals surface area contributed by atoms with Gasteiger partial charge in [0, 0.05) is 31.9 Å². The Morgan fingerprint density at radius 1 is 1.17 bits per heavy atom. The molecule has 2 aliphatic heterocycles. The van der Waals surface area contributed by atoms with Gasteiger partial charge in [-0.3, -0.25) is 9.59 Å². The van der Waals surface area contributed by atoms with Gasteiger partial charge in [-0.25, -0.2) is 0 Å². The van der Waals surface area contributed by atoms with E-state index in [4.69, 9.17) is 0 Å². The fourth-order valence-electron chi connectivity index (χ4n) is 4.72. The topological polar surface area (TPSA) is 56.4 Å². The predicted octanol–water partition coefficient (Wildman–Crippen LogP) is 2.41. The minimum absolute atomic E-state index is 0.0256.